The van der Waals surface area contributed by atoms with E-state index in [4.69, 9.17) is 4.52 Å². The second-order valence-corrected chi connectivity index (χ2v) is 10.3. The Balaban J connectivity index is 1.95. The molecular weight excluding hydrogens is 579 g/mol. The van der Waals surface area contributed by atoms with Crippen LogP contribution in [-0.4, -0.2) is 87.0 Å². The summed E-state index contributed by atoms with van der Waals surface area (Å²) in [6, 6.07) is -0.935. The van der Waals surface area contributed by atoms with Gasteiger partial charge in [-0.2, -0.15) is 13.2 Å². The number of hydrogen-bond donors (Lipinski definition) is 5. The lowest BCUT2D eigenvalue weighted by molar-refractivity contribution is -0.141. The molecule has 0 spiro atoms. The van der Waals surface area contributed by atoms with E-state index >= 15 is 0 Å². The van der Waals surface area contributed by atoms with Gasteiger partial charge in [-0.25, -0.2) is 0 Å². The van der Waals surface area contributed by atoms with Crippen LogP contribution in [0, 0.1) is 5.92 Å². The number of halogens is 3. The summed E-state index contributed by atoms with van der Waals surface area (Å²) in [5.74, 6) is -4.28. The number of pyridine rings is 1. The first-order chi connectivity index (χ1) is 20.1. The van der Waals surface area contributed by atoms with Crippen LogP contribution in [0.15, 0.2) is 28.9 Å². The summed E-state index contributed by atoms with van der Waals surface area (Å²) in [7, 11) is 0. The summed E-state index contributed by atoms with van der Waals surface area (Å²) in [4.78, 5) is 69.1. The maximum atomic E-state index is 13.3. The van der Waals surface area contributed by atoms with Gasteiger partial charge in [0.1, 0.15) is 23.8 Å². The minimum Gasteiger partial charge on any atom is -0.391 e. The second kappa shape index (κ2) is 13.6. The summed E-state index contributed by atoms with van der Waals surface area (Å²) in [5, 5.41) is 23.6. The molecule has 1 aliphatic rings. The van der Waals surface area contributed by atoms with E-state index in [0.29, 0.717) is 6.07 Å². The van der Waals surface area contributed by atoms with Crippen LogP contribution < -0.4 is 21.3 Å². The van der Waals surface area contributed by atoms with Crippen molar-refractivity contribution in [2.75, 3.05) is 13.1 Å². The Morgan fingerprint density at radius 1 is 1.05 bits per heavy atom. The van der Waals surface area contributed by atoms with E-state index in [2.05, 4.69) is 31.4 Å². The van der Waals surface area contributed by atoms with Crippen molar-refractivity contribution in [2.45, 2.75) is 64.6 Å². The number of nitrogens with zero attached hydrogens (tertiary/aromatic N) is 3. The molecule has 1 aliphatic heterocycles. The number of aliphatic hydroxyl groups is 1. The summed E-state index contributed by atoms with van der Waals surface area (Å²) in [6.45, 7) is 5.32. The van der Waals surface area contributed by atoms with Crippen LogP contribution in [-0.2, 0) is 27.1 Å². The van der Waals surface area contributed by atoms with Crippen LogP contribution in [0.4, 0.5) is 13.2 Å². The van der Waals surface area contributed by atoms with Crippen molar-refractivity contribution < 1.29 is 46.8 Å². The predicted octanol–water partition coefficient (Wildman–Crippen LogP) is -0.0147. The molecule has 0 aromatic carbocycles. The molecule has 14 nitrogen and oxygen atoms in total. The minimum atomic E-state index is -4.71. The SMILES string of the molecule is CC(C)[C@@H]1NC(=O)[C@H](C)NC(=O)[C@H]([C@@H](C)O)NC(=O)c2cc(on2)CN(C(=O)c2ccc(C(F)(F)F)nc2)CCNC1=O. The van der Waals surface area contributed by atoms with Crippen LogP contribution in [0.5, 0.6) is 0 Å². The van der Waals surface area contributed by atoms with Gasteiger partial charge in [0.15, 0.2) is 11.5 Å². The molecule has 3 rings (SSSR count). The van der Waals surface area contributed by atoms with Crippen molar-refractivity contribution in [3.63, 3.8) is 0 Å². The smallest absolute Gasteiger partial charge is 0.391 e. The highest BCUT2D eigenvalue weighted by molar-refractivity contribution is 5.98. The van der Waals surface area contributed by atoms with E-state index in [9.17, 15) is 42.3 Å². The van der Waals surface area contributed by atoms with Gasteiger partial charge in [0.05, 0.1) is 18.2 Å². The molecular formula is C26H32F3N7O7. The van der Waals surface area contributed by atoms with Crippen LogP contribution in [0.3, 0.4) is 0 Å². The Morgan fingerprint density at radius 3 is 2.33 bits per heavy atom. The molecule has 4 atom stereocenters. The van der Waals surface area contributed by atoms with Crippen molar-refractivity contribution in [3.8, 4) is 0 Å². The number of fused-ring (bicyclic) bond motifs is 2. The third-order valence-electron chi connectivity index (χ3n) is 6.46. The van der Waals surface area contributed by atoms with Crippen LogP contribution in [0.1, 0.15) is 60.0 Å². The highest BCUT2D eigenvalue weighted by Crippen LogP contribution is 2.27. The fraction of sp³-hybridized carbons (Fsp3) is 0.500. The molecule has 0 radical (unpaired) electrons. The van der Waals surface area contributed by atoms with Crippen molar-refractivity contribution in [1.29, 1.82) is 0 Å². The number of hydrogen-bond acceptors (Lipinski definition) is 9. The van der Waals surface area contributed by atoms with Gasteiger partial charge in [0.2, 0.25) is 17.7 Å². The molecule has 0 aliphatic carbocycles. The average Bonchev–Trinajstić information content (AvgIpc) is 3.40. The lowest BCUT2D eigenvalue weighted by Crippen LogP contribution is -2.58. The van der Waals surface area contributed by atoms with Gasteiger partial charge in [-0.05, 0) is 31.9 Å². The number of aromatic nitrogens is 2. The summed E-state index contributed by atoms with van der Waals surface area (Å²) in [6.07, 6.45) is -5.34. The van der Waals surface area contributed by atoms with Crippen LogP contribution in [0.2, 0.25) is 0 Å². The maximum absolute atomic E-state index is 13.3. The monoisotopic (exact) mass is 611 g/mol. The number of rotatable bonds is 3. The molecule has 0 saturated heterocycles. The number of carbonyl (C=O) groups excluding carboxylic acids is 5. The van der Waals surface area contributed by atoms with E-state index in [1.807, 2.05) is 0 Å². The van der Waals surface area contributed by atoms with Gasteiger partial charge in [-0.1, -0.05) is 19.0 Å². The van der Waals surface area contributed by atoms with Crippen molar-refractivity contribution in [3.05, 3.63) is 47.1 Å². The Labute approximate surface area is 243 Å². The van der Waals surface area contributed by atoms with Gasteiger partial charge in [0.25, 0.3) is 11.8 Å². The number of carbonyl (C=O) groups is 5. The zero-order valence-corrected chi connectivity index (χ0v) is 23.7. The fourth-order valence-electron chi connectivity index (χ4n) is 4.03. The Kier molecular flexibility index (Phi) is 10.4. The van der Waals surface area contributed by atoms with Gasteiger partial charge in [0, 0.05) is 25.4 Å². The van der Waals surface area contributed by atoms with E-state index < -0.39 is 71.6 Å². The molecule has 5 N–H and O–H groups in total. The second-order valence-electron chi connectivity index (χ2n) is 10.3. The summed E-state index contributed by atoms with van der Waals surface area (Å²) >= 11 is 0. The Morgan fingerprint density at radius 2 is 1.74 bits per heavy atom. The number of aliphatic hydroxyl groups excluding tert-OH is 1. The quantitative estimate of drug-likeness (QED) is 0.317. The molecule has 0 unspecified atom stereocenters. The average molecular weight is 612 g/mol. The van der Waals surface area contributed by atoms with Gasteiger partial charge >= 0.3 is 6.18 Å². The van der Waals surface area contributed by atoms with E-state index in [0.717, 1.165) is 17.2 Å². The molecule has 17 heteroatoms. The number of amides is 5. The molecule has 43 heavy (non-hydrogen) atoms. The molecule has 2 bridgehead atoms. The van der Waals surface area contributed by atoms with Crippen molar-refractivity contribution in [1.82, 2.24) is 36.3 Å². The van der Waals surface area contributed by atoms with Crippen LogP contribution >= 0.6 is 0 Å². The standard InChI is InChI=1S/C26H32F3N7O7/c1-12(2)19-23(40)30-7-8-36(25(42)15-5-6-18(31-10-15)26(27,28)29)11-16-9-17(35-43-16)22(39)34-20(14(4)37)24(41)32-13(3)21(38)33-19/h5-6,9-10,12-14,19-20,37H,7-8,11H2,1-4H3,(H,30,40)(H,32,41)(H,33,38)(H,34,39)/t13-,14+,19-,20-/m0/s1. The third-order valence-corrected chi connectivity index (χ3v) is 6.46. The molecule has 2 aromatic rings. The van der Waals surface area contributed by atoms with Crippen molar-refractivity contribution >= 4 is 29.5 Å². The third kappa shape index (κ3) is 8.50. The Hall–Kier alpha value is -4.54. The Bertz CT molecular complexity index is 1350. The molecule has 0 fully saturated rings. The fourth-order valence-corrected chi connectivity index (χ4v) is 4.03. The first kappa shape index (κ1) is 33.0. The minimum absolute atomic E-state index is 0.00944. The zero-order valence-electron chi connectivity index (χ0n) is 23.7. The van der Waals surface area contributed by atoms with Gasteiger partial charge in [-0.3, -0.25) is 29.0 Å². The van der Waals surface area contributed by atoms with Crippen LogP contribution in [0.25, 0.3) is 0 Å². The van der Waals surface area contributed by atoms with Gasteiger partial charge in [-0.15, -0.1) is 0 Å². The maximum Gasteiger partial charge on any atom is 0.433 e. The topological polar surface area (TPSA) is 196 Å². The summed E-state index contributed by atoms with van der Waals surface area (Å²) in [5.41, 5.74) is -1.69. The zero-order chi connectivity index (χ0) is 32.1. The normalized spacial score (nSPS) is 22.1. The summed E-state index contributed by atoms with van der Waals surface area (Å²) < 4.78 is 44.1. The first-order valence-corrected chi connectivity index (χ1v) is 13.2. The molecule has 234 valence electrons. The first-order valence-electron chi connectivity index (χ1n) is 13.2. The number of alkyl halides is 3. The molecule has 2 aromatic heterocycles. The molecule has 3 heterocycles. The van der Waals surface area contributed by atoms with Crippen molar-refractivity contribution in [2.24, 2.45) is 5.92 Å². The van der Waals surface area contributed by atoms with Gasteiger partial charge < -0.3 is 35.8 Å². The largest absolute Gasteiger partial charge is 0.433 e. The van der Waals surface area contributed by atoms with E-state index in [1.165, 1.54) is 19.9 Å². The predicted molar refractivity (Wildman–Crippen MR) is 141 cm³/mol. The highest BCUT2D eigenvalue weighted by atomic mass is 19.4. The molecule has 0 saturated carbocycles. The van der Waals surface area contributed by atoms with E-state index in [1.54, 1.807) is 13.8 Å². The lowest BCUT2D eigenvalue weighted by Gasteiger charge is -2.26. The van der Waals surface area contributed by atoms with E-state index in [-0.39, 0.29) is 36.7 Å². The lowest BCUT2D eigenvalue weighted by atomic mass is 10.0. The molecule has 5 amide bonds. The highest BCUT2D eigenvalue weighted by Gasteiger charge is 2.34. The number of nitrogens with one attached hydrogen (secondary N) is 4.